The first kappa shape index (κ1) is 13.5. The highest BCUT2D eigenvalue weighted by Gasteiger charge is 2.24. The summed E-state index contributed by atoms with van der Waals surface area (Å²) in [6.07, 6.45) is 0.954. The summed E-state index contributed by atoms with van der Waals surface area (Å²) in [4.78, 5) is 12.9. The first-order valence-electron chi connectivity index (χ1n) is 5.29. The molecule has 5 heteroatoms. The smallest absolute Gasteiger partial charge is 0.225 e. The van der Waals surface area contributed by atoms with Gasteiger partial charge in [0, 0.05) is 24.5 Å². The quantitative estimate of drug-likeness (QED) is 0.858. The molecule has 1 amide bonds. The highest BCUT2D eigenvalue weighted by molar-refractivity contribution is 7.10. The first-order chi connectivity index (χ1) is 7.27. The van der Waals surface area contributed by atoms with Gasteiger partial charge in [-0.1, -0.05) is 0 Å². The number of hydrogen-bond donors (Lipinski definition) is 2. The minimum Gasteiger partial charge on any atom is -0.355 e. The lowest BCUT2D eigenvalue weighted by Crippen LogP contribution is -2.51. The molecular weight excluding hydrogens is 244 g/mol. The summed E-state index contributed by atoms with van der Waals surface area (Å²) in [6, 6.07) is 2.12. The highest BCUT2D eigenvalue weighted by atomic mass is 35.5. The van der Waals surface area contributed by atoms with Crippen molar-refractivity contribution in [3.8, 4) is 0 Å². The minimum atomic E-state index is 0. The van der Waals surface area contributed by atoms with Crippen LogP contribution in [0.3, 0.4) is 0 Å². The molecule has 1 aromatic rings. The second kappa shape index (κ2) is 6.23. The third kappa shape index (κ3) is 3.20. The Kier molecular flexibility index (Phi) is 5.25. The van der Waals surface area contributed by atoms with Gasteiger partial charge in [0.1, 0.15) is 0 Å². The SMILES string of the molecule is Cc1ccsc1CCNC(=O)C1CNC1.Cl. The first-order valence-corrected chi connectivity index (χ1v) is 6.16. The lowest BCUT2D eigenvalue weighted by atomic mass is 10.0. The van der Waals surface area contributed by atoms with Crippen molar-refractivity contribution < 1.29 is 4.79 Å². The van der Waals surface area contributed by atoms with Gasteiger partial charge in [0.2, 0.25) is 5.91 Å². The van der Waals surface area contributed by atoms with Crippen LogP contribution in [0.1, 0.15) is 10.4 Å². The molecule has 90 valence electrons. The normalized spacial score (nSPS) is 15.1. The van der Waals surface area contributed by atoms with Crippen molar-refractivity contribution >= 4 is 29.7 Å². The van der Waals surface area contributed by atoms with Crippen LogP contribution in [0.25, 0.3) is 0 Å². The third-order valence-electron chi connectivity index (χ3n) is 2.77. The number of aryl methyl sites for hydroxylation is 1. The zero-order valence-corrected chi connectivity index (χ0v) is 10.9. The minimum absolute atomic E-state index is 0. The lowest BCUT2D eigenvalue weighted by Gasteiger charge is -2.25. The van der Waals surface area contributed by atoms with Crippen LogP contribution in [-0.4, -0.2) is 25.5 Å². The molecule has 1 aliphatic heterocycles. The second-order valence-electron chi connectivity index (χ2n) is 3.92. The maximum absolute atomic E-state index is 11.5. The van der Waals surface area contributed by atoms with E-state index in [1.54, 1.807) is 11.3 Å². The van der Waals surface area contributed by atoms with Gasteiger partial charge in [0.25, 0.3) is 0 Å². The number of thiophene rings is 1. The van der Waals surface area contributed by atoms with Crippen molar-refractivity contribution in [3.05, 3.63) is 21.9 Å². The zero-order valence-electron chi connectivity index (χ0n) is 9.29. The molecule has 2 rings (SSSR count). The largest absolute Gasteiger partial charge is 0.355 e. The maximum atomic E-state index is 11.5. The zero-order chi connectivity index (χ0) is 10.7. The van der Waals surface area contributed by atoms with E-state index in [1.165, 1.54) is 10.4 Å². The molecule has 1 aliphatic rings. The summed E-state index contributed by atoms with van der Waals surface area (Å²) < 4.78 is 0. The molecule has 0 spiro atoms. The van der Waals surface area contributed by atoms with Crippen molar-refractivity contribution in [2.45, 2.75) is 13.3 Å². The Morgan fingerprint density at radius 3 is 2.88 bits per heavy atom. The molecule has 0 aliphatic carbocycles. The number of carbonyl (C=O) groups is 1. The van der Waals surface area contributed by atoms with Crippen LogP contribution in [0.4, 0.5) is 0 Å². The van der Waals surface area contributed by atoms with E-state index >= 15 is 0 Å². The van der Waals surface area contributed by atoms with Crippen molar-refractivity contribution in [3.63, 3.8) is 0 Å². The standard InChI is InChI=1S/C11H16N2OS.ClH/c1-8-3-5-15-10(8)2-4-13-11(14)9-6-12-7-9;/h3,5,9,12H,2,4,6-7H2,1H3,(H,13,14);1H. The molecular formula is C11H17ClN2OS. The third-order valence-corrected chi connectivity index (χ3v) is 3.85. The van der Waals surface area contributed by atoms with Gasteiger partial charge in [-0.25, -0.2) is 0 Å². The summed E-state index contributed by atoms with van der Waals surface area (Å²) >= 11 is 1.77. The van der Waals surface area contributed by atoms with E-state index in [0.29, 0.717) is 0 Å². The van der Waals surface area contributed by atoms with Gasteiger partial charge >= 0.3 is 0 Å². The summed E-state index contributed by atoms with van der Waals surface area (Å²) in [6.45, 7) is 4.55. The van der Waals surface area contributed by atoms with Crippen molar-refractivity contribution in [2.24, 2.45) is 5.92 Å². The van der Waals surface area contributed by atoms with Gasteiger partial charge in [0.15, 0.2) is 0 Å². The van der Waals surface area contributed by atoms with Crippen molar-refractivity contribution in [1.29, 1.82) is 0 Å². The van der Waals surface area contributed by atoms with Gasteiger partial charge in [0.05, 0.1) is 5.92 Å². The molecule has 0 radical (unpaired) electrons. The molecule has 0 saturated carbocycles. The van der Waals surface area contributed by atoms with Crippen LogP contribution >= 0.6 is 23.7 Å². The fourth-order valence-electron chi connectivity index (χ4n) is 1.58. The van der Waals surface area contributed by atoms with E-state index in [9.17, 15) is 4.79 Å². The molecule has 1 fully saturated rings. The van der Waals surface area contributed by atoms with Gasteiger partial charge in [-0.05, 0) is 30.4 Å². The van der Waals surface area contributed by atoms with Crippen LogP contribution in [0, 0.1) is 12.8 Å². The monoisotopic (exact) mass is 260 g/mol. The molecule has 2 heterocycles. The molecule has 1 aromatic heterocycles. The Labute approximate surface area is 106 Å². The topological polar surface area (TPSA) is 41.1 Å². The summed E-state index contributed by atoms with van der Waals surface area (Å²) in [5.74, 6) is 0.400. The predicted molar refractivity (Wildman–Crippen MR) is 69.4 cm³/mol. The molecule has 0 bridgehead atoms. The van der Waals surface area contributed by atoms with E-state index in [1.807, 2.05) is 0 Å². The lowest BCUT2D eigenvalue weighted by molar-refractivity contribution is -0.126. The van der Waals surface area contributed by atoms with Gasteiger partial charge in [-0.2, -0.15) is 0 Å². The van der Waals surface area contributed by atoms with Crippen molar-refractivity contribution in [2.75, 3.05) is 19.6 Å². The molecule has 1 saturated heterocycles. The van der Waals surface area contributed by atoms with Gasteiger partial charge in [-0.3, -0.25) is 4.79 Å². The van der Waals surface area contributed by atoms with E-state index in [-0.39, 0.29) is 24.2 Å². The van der Waals surface area contributed by atoms with E-state index in [2.05, 4.69) is 29.0 Å². The van der Waals surface area contributed by atoms with Crippen LogP contribution < -0.4 is 10.6 Å². The van der Waals surface area contributed by atoms with Gasteiger partial charge in [-0.15, -0.1) is 23.7 Å². The predicted octanol–water partition coefficient (Wildman–Crippen LogP) is 1.36. The fourth-order valence-corrected chi connectivity index (χ4v) is 2.49. The van der Waals surface area contributed by atoms with Crippen molar-refractivity contribution in [1.82, 2.24) is 10.6 Å². The Bertz CT molecular complexity index is 350. The summed E-state index contributed by atoms with van der Waals surface area (Å²) in [5, 5.41) is 8.17. The molecule has 0 unspecified atom stereocenters. The Balaban J connectivity index is 0.00000128. The highest BCUT2D eigenvalue weighted by Crippen LogP contribution is 2.15. The summed E-state index contributed by atoms with van der Waals surface area (Å²) in [5.41, 5.74) is 1.33. The van der Waals surface area contributed by atoms with Crippen LogP contribution in [0.2, 0.25) is 0 Å². The Morgan fingerprint density at radius 2 is 2.38 bits per heavy atom. The average molecular weight is 261 g/mol. The number of nitrogens with one attached hydrogen (secondary N) is 2. The number of rotatable bonds is 4. The number of amides is 1. The Morgan fingerprint density at radius 1 is 1.62 bits per heavy atom. The van der Waals surface area contributed by atoms with E-state index in [4.69, 9.17) is 0 Å². The number of hydrogen-bond acceptors (Lipinski definition) is 3. The van der Waals surface area contributed by atoms with Crippen LogP contribution in [0.15, 0.2) is 11.4 Å². The number of carbonyl (C=O) groups excluding carboxylic acids is 1. The molecule has 3 nitrogen and oxygen atoms in total. The summed E-state index contributed by atoms with van der Waals surface area (Å²) in [7, 11) is 0. The molecule has 2 N–H and O–H groups in total. The maximum Gasteiger partial charge on any atom is 0.225 e. The van der Waals surface area contributed by atoms with Crippen LogP contribution in [-0.2, 0) is 11.2 Å². The molecule has 16 heavy (non-hydrogen) atoms. The molecule has 0 atom stereocenters. The number of halogens is 1. The van der Waals surface area contributed by atoms with E-state index in [0.717, 1.165) is 26.1 Å². The average Bonchev–Trinajstić information content (AvgIpc) is 2.49. The molecule has 0 aromatic carbocycles. The Hall–Kier alpha value is -0.580. The second-order valence-corrected chi connectivity index (χ2v) is 4.92. The van der Waals surface area contributed by atoms with Crippen LogP contribution in [0.5, 0.6) is 0 Å². The fraction of sp³-hybridized carbons (Fsp3) is 0.545. The van der Waals surface area contributed by atoms with Gasteiger partial charge < -0.3 is 10.6 Å². The van der Waals surface area contributed by atoms with E-state index < -0.39 is 0 Å².